The fraction of sp³-hybridized carbons (Fsp3) is 0.250. The molecule has 1 aromatic carbocycles. The molecule has 2 heteroatoms. The fourth-order valence-corrected chi connectivity index (χ4v) is 0.681. The fourth-order valence-electron chi connectivity index (χ4n) is 0.681. The first-order valence-corrected chi connectivity index (χ1v) is 2.84. The Morgan fingerprint density at radius 2 is 2.10 bits per heavy atom. The van der Waals surface area contributed by atoms with Gasteiger partial charge in [-0.3, -0.25) is 0 Å². The van der Waals surface area contributed by atoms with Crippen LogP contribution < -0.4 is 23.6 Å². The summed E-state index contributed by atoms with van der Waals surface area (Å²) in [4.78, 5) is 0. The standard InChI is InChI=1S/C8H9O.Li/c1-7-4-3-5-8(6-7)9-2;/h4-6H,1-2H3;/q-1;+1. The van der Waals surface area contributed by atoms with Crippen LogP contribution in [-0.4, -0.2) is 7.11 Å². The van der Waals surface area contributed by atoms with Gasteiger partial charge in [-0.15, -0.1) is 12.1 Å². The summed E-state index contributed by atoms with van der Waals surface area (Å²) in [5.74, 6) is 0.870. The van der Waals surface area contributed by atoms with Gasteiger partial charge in [0.1, 0.15) is 0 Å². The zero-order valence-electron chi connectivity index (χ0n) is 6.64. The van der Waals surface area contributed by atoms with Crippen molar-refractivity contribution in [3.8, 4) is 5.75 Å². The van der Waals surface area contributed by atoms with E-state index in [1.54, 1.807) is 7.11 Å². The van der Waals surface area contributed by atoms with E-state index in [-0.39, 0.29) is 18.9 Å². The Labute approximate surface area is 73.6 Å². The molecule has 0 aromatic heterocycles. The van der Waals surface area contributed by atoms with E-state index in [9.17, 15) is 0 Å². The van der Waals surface area contributed by atoms with Gasteiger partial charge in [0.25, 0.3) is 0 Å². The number of ether oxygens (including phenoxy) is 1. The molecule has 0 aliphatic rings. The third-order valence-corrected chi connectivity index (χ3v) is 1.14. The molecule has 0 heterocycles. The van der Waals surface area contributed by atoms with Crippen molar-refractivity contribution in [2.75, 3.05) is 7.11 Å². The number of methoxy groups -OCH3 is 1. The smallest absolute Gasteiger partial charge is 0.554 e. The third-order valence-electron chi connectivity index (χ3n) is 1.14. The van der Waals surface area contributed by atoms with E-state index >= 15 is 0 Å². The molecule has 0 unspecified atom stereocenters. The molecule has 0 N–H and O–H groups in total. The quantitative estimate of drug-likeness (QED) is 0.341. The van der Waals surface area contributed by atoms with Crippen LogP contribution >= 0.6 is 0 Å². The van der Waals surface area contributed by atoms with E-state index in [0.717, 1.165) is 5.75 Å². The van der Waals surface area contributed by atoms with E-state index in [2.05, 4.69) is 6.07 Å². The summed E-state index contributed by atoms with van der Waals surface area (Å²) < 4.78 is 4.96. The minimum atomic E-state index is 0. The maximum absolute atomic E-state index is 4.96. The van der Waals surface area contributed by atoms with Gasteiger partial charge in [0.2, 0.25) is 0 Å². The predicted molar refractivity (Wildman–Crippen MR) is 36.6 cm³/mol. The predicted octanol–water partition coefficient (Wildman–Crippen LogP) is -1.19. The molecule has 0 aliphatic heterocycles. The Morgan fingerprint density at radius 1 is 1.40 bits per heavy atom. The van der Waals surface area contributed by atoms with Crippen molar-refractivity contribution in [3.63, 3.8) is 0 Å². The topological polar surface area (TPSA) is 9.23 Å². The zero-order chi connectivity index (χ0) is 6.69. The molecule has 1 aromatic rings. The van der Waals surface area contributed by atoms with Gasteiger partial charge in [-0.1, -0.05) is 6.92 Å². The van der Waals surface area contributed by atoms with Gasteiger partial charge >= 0.3 is 18.9 Å². The second-order valence-electron chi connectivity index (χ2n) is 1.95. The van der Waals surface area contributed by atoms with E-state index in [1.807, 2.05) is 25.1 Å². The Morgan fingerprint density at radius 3 is 2.50 bits per heavy atom. The normalized spacial score (nSPS) is 8.20. The average molecular weight is 128 g/mol. The van der Waals surface area contributed by atoms with Crippen molar-refractivity contribution >= 4 is 0 Å². The van der Waals surface area contributed by atoms with E-state index in [0.29, 0.717) is 0 Å². The Kier molecular flexibility index (Phi) is 4.27. The van der Waals surface area contributed by atoms with Crippen LogP contribution in [0.15, 0.2) is 18.2 Å². The monoisotopic (exact) mass is 128 g/mol. The SMILES string of the molecule is COc1c[c-]cc(C)c1.[Li+]. The minimum Gasteiger partial charge on any atom is -0.554 e. The largest absolute Gasteiger partial charge is 1.00 e. The Hall–Kier alpha value is -0.383. The summed E-state index contributed by atoms with van der Waals surface area (Å²) in [6.07, 6.45) is 0. The van der Waals surface area contributed by atoms with Crippen LogP contribution in [0.25, 0.3) is 0 Å². The molecule has 0 radical (unpaired) electrons. The summed E-state index contributed by atoms with van der Waals surface area (Å²) in [7, 11) is 1.66. The van der Waals surface area contributed by atoms with Gasteiger partial charge in [-0.2, -0.15) is 17.7 Å². The van der Waals surface area contributed by atoms with E-state index in [4.69, 9.17) is 4.74 Å². The maximum Gasteiger partial charge on any atom is 1.00 e. The molecule has 1 nitrogen and oxygen atoms in total. The summed E-state index contributed by atoms with van der Waals surface area (Å²) in [6.45, 7) is 2.01. The van der Waals surface area contributed by atoms with Gasteiger partial charge in [0.05, 0.1) is 7.11 Å². The third kappa shape index (κ3) is 2.47. The van der Waals surface area contributed by atoms with Gasteiger partial charge in [-0.25, -0.2) is 0 Å². The average Bonchev–Trinajstić information content (AvgIpc) is 1.88. The van der Waals surface area contributed by atoms with Crippen LogP contribution in [0.3, 0.4) is 0 Å². The molecule has 0 amide bonds. The Bertz CT molecular complexity index is 198. The van der Waals surface area contributed by atoms with Crippen LogP contribution in [0.2, 0.25) is 0 Å². The first-order chi connectivity index (χ1) is 4.33. The van der Waals surface area contributed by atoms with Crippen LogP contribution in [0.5, 0.6) is 5.75 Å². The van der Waals surface area contributed by atoms with Crippen molar-refractivity contribution in [2.24, 2.45) is 0 Å². The summed E-state index contributed by atoms with van der Waals surface area (Å²) in [5, 5.41) is 0. The van der Waals surface area contributed by atoms with Crippen LogP contribution in [-0.2, 0) is 0 Å². The molecule has 0 saturated carbocycles. The second-order valence-corrected chi connectivity index (χ2v) is 1.95. The first kappa shape index (κ1) is 9.62. The first-order valence-electron chi connectivity index (χ1n) is 2.84. The van der Waals surface area contributed by atoms with Gasteiger partial charge in [0.15, 0.2) is 0 Å². The van der Waals surface area contributed by atoms with Gasteiger partial charge < -0.3 is 4.74 Å². The molecule has 0 fully saturated rings. The number of hydrogen-bond donors (Lipinski definition) is 0. The van der Waals surface area contributed by atoms with Gasteiger partial charge in [0, 0.05) is 5.75 Å². The van der Waals surface area contributed by atoms with E-state index < -0.39 is 0 Å². The number of benzene rings is 1. The molecule has 0 saturated heterocycles. The molecule has 0 atom stereocenters. The number of aryl methyl sites for hydroxylation is 1. The Balaban J connectivity index is 0.000000810. The molecule has 0 aliphatic carbocycles. The van der Waals surface area contributed by atoms with E-state index in [1.165, 1.54) is 5.56 Å². The van der Waals surface area contributed by atoms with Crippen molar-refractivity contribution in [2.45, 2.75) is 6.92 Å². The molecule has 1 rings (SSSR count). The molecule has 48 valence electrons. The van der Waals surface area contributed by atoms with Crippen LogP contribution in [0.4, 0.5) is 0 Å². The second kappa shape index (κ2) is 4.44. The number of rotatable bonds is 1. The molecular weight excluding hydrogens is 119 g/mol. The van der Waals surface area contributed by atoms with Crippen LogP contribution in [0, 0.1) is 13.0 Å². The summed E-state index contributed by atoms with van der Waals surface area (Å²) in [6, 6.07) is 8.66. The van der Waals surface area contributed by atoms with Crippen molar-refractivity contribution in [1.82, 2.24) is 0 Å². The number of hydrogen-bond acceptors (Lipinski definition) is 1. The molecule has 10 heavy (non-hydrogen) atoms. The van der Waals surface area contributed by atoms with Gasteiger partial charge in [-0.05, 0) is 0 Å². The van der Waals surface area contributed by atoms with Crippen molar-refractivity contribution in [3.05, 3.63) is 29.8 Å². The van der Waals surface area contributed by atoms with Crippen molar-refractivity contribution < 1.29 is 23.6 Å². The zero-order valence-corrected chi connectivity index (χ0v) is 6.64. The summed E-state index contributed by atoms with van der Waals surface area (Å²) in [5.41, 5.74) is 1.18. The molecule has 0 bridgehead atoms. The van der Waals surface area contributed by atoms with Crippen LogP contribution in [0.1, 0.15) is 5.56 Å². The van der Waals surface area contributed by atoms with Crippen molar-refractivity contribution in [1.29, 1.82) is 0 Å². The molecular formula is C8H9LiO. The summed E-state index contributed by atoms with van der Waals surface area (Å²) >= 11 is 0. The maximum atomic E-state index is 4.96. The molecule has 0 spiro atoms. The minimum absolute atomic E-state index is 0.